The molecule has 0 bridgehead atoms. The van der Waals surface area contributed by atoms with Crippen LogP contribution in [0.2, 0.25) is 0 Å². The Bertz CT molecular complexity index is 1070. The average Bonchev–Trinajstić information content (AvgIpc) is 3.10. The molecule has 0 aliphatic rings. The second-order valence-electron chi connectivity index (χ2n) is 7.92. The zero-order chi connectivity index (χ0) is 24.0. The summed E-state index contributed by atoms with van der Waals surface area (Å²) < 4.78 is 39.8. The number of aryl methyl sites for hydroxylation is 1. The molecule has 0 saturated carbocycles. The molecule has 176 valence electrons. The fourth-order valence-corrected chi connectivity index (χ4v) is 3.85. The van der Waals surface area contributed by atoms with Crippen molar-refractivity contribution >= 4 is 5.97 Å². The molecule has 8 heteroatoms. The maximum atomic E-state index is 12.7. The van der Waals surface area contributed by atoms with Crippen LogP contribution in [0.5, 0.6) is 0 Å². The molecular formula is C25H28F3N3O2. The monoisotopic (exact) mass is 459 g/mol. The fraction of sp³-hybridized carbons (Fsp3) is 0.360. The molecule has 0 atom stereocenters. The Hall–Kier alpha value is -3.13. The van der Waals surface area contributed by atoms with Crippen LogP contribution in [0.4, 0.5) is 13.2 Å². The molecule has 0 spiro atoms. The molecule has 3 aromatic rings. The normalized spacial score (nSPS) is 11.7. The van der Waals surface area contributed by atoms with Gasteiger partial charge in [0.1, 0.15) is 0 Å². The Kier molecular flexibility index (Phi) is 7.92. The molecule has 0 fully saturated rings. The van der Waals surface area contributed by atoms with E-state index in [1.54, 1.807) is 0 Å². The number of aromatic nitrogens is 2. The van der Waals surface area contributed by atoms with Crippen LogP contribution in [-0.4, -0.2) is 20.9 Å². The number of alkyl halides is 3. The van der Waals surface area contributed by atoms with Gasteiger partial charge in [0.25, 0.3) is 0 Å². The van der Waals surface area contributed by atoms with Crippen LogP contribution < -0.4 is 5.32 Å². The van der Waals surface area contributed by atoms with Gasteiger partial charge in [-0.1, -0.05) is 50.2 Å². The summed E-state index contributed by atoms with van der Waals surface area (Å²) in [5.41, 5.74) is 4.86. The van der Waals surface area contributed by atoms with Crippen molar-refractivity contribution in [1.29, 1.82) is 0 Å². The van der Waals surface area contributed by atoms with Crippen molar-refractivity contribution in [2.45, 2.75) is 58.9 Å². The summed E-state index contributed by atoms with van der Waals surface area (Å²) in [6.45, 7) is 5.61. The zero-order valence-corrected chi connectivity index (χ0v) is 18.7. The molecule has 0 radical (unpaired) electrons. The van der Waals surface area contributed by atoms with E-state index in [2.05, 4.69) is 10.4 Å². The zero-order valence-electron chi connectivity index (χ0n) is 18.7. The number of nitrogens with zero attached hydrogens (tertiary/aromatic N) is 2. The van der Waals surface area contributed by atoms with Gasteiger partial charge in [0.15, 0.2) is 0 Å². The fourth-order valence-electron chi connectivity index (χ4n) is 3.85. The van der Waals surface area contributed by atoms with Crippen LogP contribution in [-0.2, 0) is 49.9 Å². The van der Waals surface area contributed by atoms with Crippen molar-refractivity contribution in [3.63, 3.8) is 0 Å². The van der Waals surface area contributed by atoms with Gasteiger partial charge in [-0.15, -0.1) is 0 Å². The maximum absolute atomic E-state index is 12.7. The Morgan fingerprint density at radius 2 is 1.48 bits per heavy atom. The van der Waals surface area contributed by atoms with Gasteiger partial charge in [-0.25, -0.2) is 0 Å². The third-order valence-corrected chi connectivity index (χ3v) is 5.54. The lowest BCUT2D eigenvalue weighted by Crippen LogP contribution is -2.13. The Morgan fingerprint density at radius 1 is 0.939 bits per heavy atom. The minimum Gasteiger partial charge on any atom is -0.481 e. The molecule has 1 heterocycles. The van der Waals surface area contributed by atoms with Crippen molar-refractivity contribution < 1.29 is 23.1 Å². The molecule has 3 rings (SSSR count). The van der Waals surface area contributed by atoms with Crippen LogP contribution >= 0.6 is 0 Å². The smallest absolute Gasteiger partial charge is 0.416 e. The second-order valence-corrected chi connectivity index (χ2v) is 7.92. The number of carboxylic acid groups (broad SMARTS) is 1. The summed E-state index contributed by atoms with van der Waals surface area (Å²) >= 11 is 0. The third kappa shape index (κ3) is 6.44. The molecule has 0 unspecified atom stereocenters. The van der Waals surface area contributed by atoms with Crippen LogP contribution in [0.1, 0.15) is 53.1 Å². The number of nitrogens with one attached hydrogen (secondary N) is 1. The molecule has 0 aliphatic carbocycles. The standard InChI is InChI=1S/C25H28F3N3O2/c1-3-22-21(13-24(32)33)23(4-2)31(30-22)16-19-7-5-17(6-8-19)14-29-15-18-9-11-20(12-10-18)25(26,27)28/h5-12,29H,3-4,13-16H2,1-2H3,(H,32,33). The van der Waals surface area contributed by atoms with E-state index in [0.717, 1.165) is 45.8 Å². The van der Waals surface area contributed by atoms with Crippen molar-refractivity contribution in [2.75, 3.05) is 0 Å². The SMILES string of the molecule is CCc1nn(Cc2ccc(CNCc3ccc(C(F)(F)F)cc3)cc2)c(CC)c1CC(=O)O. The molecule has 2 N–H and O–H groups in total. The molecule has 33 heavy (non-hydrogen) atoms. The van der Waals surface area contributed by atoms with Gasteiger partial charge >= 0.3 is 12.1 Å². The third-order valence-electron chi connectivity index (χ3n) is 5.54. The molecule has 0 amide bonds. The number of aliphatic carboxylic acids is 1. The molecule has 0 aliphatic heterocycles. The highest BCUT2D eigenvalue weighted by atomic mass is 19.4. The lowest BCUT2D eigenvalue weighted by atomic mass is 10.1. The van der Waals surface area contributed by atoms with E-state index < -0.39 is 17.7 Å². The largest absolute Gasteiger partial charge is 0.481 e. The van der Waals surface area contributed by atoms with E-state index in [4.69, 9.17) is 0 Å². The first-order valence-corrected chi connectivity index (χ1v) is 10.9. The Morgan fingerprint density at radius 3 is 1.97 bits per heavy atom. The summed E-state index contributed by atoms with van der Waals surface area (Å²) in [5, 5.41) is 17.1. The quantitative estimate of drug-likeness (QED) is 0.448. The van der Waals surface area contributed by atoms with E-state index in [-0.39, 0.29) is 6.42 Å². The molecule has 1 aromatic heterocycles. The Labute approximate surface area is 191 Å². The van der Waals surface area contributed by atoms with Gasteiger partial charge in [0, 0.05) is 24.3 Å². The molecule has 2 aromatic carbocycles. The highest BCUT2D eigenvalue weighted by Gasteiger charge is 2.29. The average molecular weight is 460 g/mol. The highest BCUT2D eigenvalue weighted by Crippen LogP contribution is 2.29. The summed E-state index contributed by atoms with van der Waals surface area (Å²) in [7, 11) is 0. The minimum atomic E-state index is -4.32. The number of hydrogen-bond acceptors (Lipinski definition) is 3. The maximum Gasteiger partial charge on any atom is 0.416 e. The van der Waals surface area contributed by atoms with E-state index in [9.17, 15) is 23.1 Å². The van der Waals surface area contributed by atoms with Crippen LogP contribution in [0, 0.1) is 0 Å². The first-order valence-electron chi connectivity index (χ1n) is 10.9. The van der Waals surface area contributed by atoms with Gasteiger partial charge in [0.2, 0.25) is 0 Å². The van der Waals surface area contributed by atoms with Crippen LogP contribution in [0.3, 0.4) is 0 Å². The number of carbonyl (C=O) groups is 1. The number of hydrogen-bond donors (Lipinski definition) is 2. The van der Waals surface area contributed by atoms with E-state index in [0.29, 0.717) is 32.5 Å². The van der Waals surface area contributed by atoms with Gasteiger partial charge in [-0.3, -0.25) is 9.48 Å². The molecule has 0 saturated heterocycles. The lowest BCUT2D eigenvalue weighted by molar-refractivity contribution is -0.138. The summed E-state index contributed by atoms with van der Waals surface area (Å²) in [6, 6.07) is 13.2. The van der Waals surface area contributed by atoms with Crippen LogP contribution in [0.15, 0.2) is 48.5 Å². The van der Waals surface area contributed by atoms with E-state index in [1.165, 1.54) is 12.1 Å². The topological polar surface area (TPSA) is 67.2 Å². The predicted molar refractivity (Wildman–Crippen MR) is 120 cm³/mol. The number of benzene rings is 2. The van der Waals surface area contributed by atoms with E-state index in [1.807, 2.05) is 42.8 Å². The van der Waals surface area contributed by atoms with Gasteiger partial charge in [-0.2, -0.15) is 18.3 Å². The molecule has 5 nitrogen and oxygen atoms in total. The van der Waals surface area contributed by atoms with Gasteiger partial charge in [0.05, 0.1) is 24.2 Å². The van der Waals surface area contributed by atoms with Crippen molar-refractivity contribution in [3.05, 3.63) is 87.7 Å². The first kappa shape index (κ1) is 24.5. The lowest BCUT2D eigenvalue weighted by Gasteiger charge is -2.10. The summed E-state index contributed by atoms with van der Waals surface area (Å²) in [6.07, 6.45) is -2.94. The van der Waals surface area contributed by atoms with Crippen molar-refractivity contribution in [1.82, 2.24) is 15.1 Å². The van der Waals surface area contributed by atoms with E-state index >= 15 is 0 Å². The summed E-state index contributed by atoms with van der Waals surface area (Å²) in [4.78, 5) is 11.3. The predicted octanol–water partition coefficient (Wildman–Crippen LogP) is 4.99. The van der Waals surface area contributed by atoms with Gasteiger partial charge in [-0.05, 0) is 41.7 Å². The van der Waals surface area contributed by atoms with Crippen molar-refractivity contribution in [3.8, 4) is 0 Å². The number of halogens is 3. The Balaban J connectivity index is 1.59. The highest BCUT2D eigenvalue weighted by molar-refractivity contribution is 5.71. The first-order chi connectivity index (χ1) is 15.7. The summed E-state index contributed by atoms with van der Waals surface area (Å²) in [5.74, 6) is -0.855. The van der Waals surface area contributed by atoms with Gasteiger partial charge < -0.3 is 10.4 Å². The van der Waals surface area contributed by atoms with Crippen LogP contribution in [0.25, 0.3) is 0 Å². The number of carboxylic acids is 1. The second kappa shape index (κ2) is 10.7. The minimum absolute atomic E-state index is 0.0180. The molecular weight excluding hydrogens is 431 g/mol. The van der Waals surface area contributed by atoms with Crippen molar-refractivity contribution in [2.24, 2.45) is 0 Å². The number of rotatable bonds is 10.